The van der Waals surface area contributed by atoms with E-state index in [1.54, 1.807) is 12.3 Å². The molecular weight excluding hydrogens is 224 g/mol. The van der Waals surface area contributed by atoms with E-state index in [4.69, 9.17) is 16.3 Å². The molecule has 2 aromatic rings. The first-order chi connectivity index (χ1) is 7.83. The van der Waals surface area contributed by atoms with Gasteiger partial charge in [-0.3, -0.25) is 4.99 Å². The molecule has 1 aliphatic heterocycles. The van der Waals surface area contributed by atoms with Crippen molar-refractivity contribution >= 4 is 34.4 Å². The monoisotopic (exact) mass is 230 g/mol. The fourth-order valence-corrected chi connectivity index (χ4v) is 1.69. The van der Waals surface area contributed by atoms with Crippen molar-refractivity contribution in [3.8, 4) is 5.88 Å². The molecule has 0 amide bonds. The third-order valence-corrected chi connectivity index (χ3v) is 2.49. The highest BCUT2D eigenvalue weighted by Crippen LogP contribution is 2.32. The van der Waals surface area contributed by atoms with Crippen LogP contribution >= 0.6 is 11.6 Å². The molecular formula is C12H7ClN2O. The zero-order valence-corrected chi connectivity index (χ0v) is 8.98. The van der Waals surface area contributed by atoms with Crippen LogP contribution in [-0.2, 0) is 0 Å². The van der Waals surface area contributed by atoms with Crippen molar-refractivity contribution in [2.24, 2.45) is 4.99 Å². The summed E-state index contributed by atoms with van der Waals surface area (Å²) in [7, 11) is 0. The maximum Gasteiger partial charge on any atom is 0.247 e. The lowest BCUT2D eigenvalue weighted by molar-refractivity contribution is 0.449. The van der Waals surface area contributed by atoms with E-state index in [-0.39, 0.29) is 5.22 Å². The molecule has 0 saturated heterocycles. The molecule has 16 heavy (non-hydrogen) atoms. The summed E-state index contributed by atoms with van der Waals surface area (Å²) in [5.74, 6) is 0.439. The van der Waals surface area contributed by atoms with Crippen molar-refractivity contribution < 1.29 is 4.74 Å². The van der Waals surface area contributed by atoms with Gasteiger partial charge in [-0.1, -0.05) is 18.2 Å². The molecule has 1 aromatic carbocycles. The first-order valence-electron chi connectivity index (χ1n) is 4.80. The third-order valence-electron chi connectivity index (χ3n) is 2.28. The van der Waals surface area contributed by atoms with Gasteiger partial charge in [0.1, 0.15) is 5.69 Å². The number of fused-ring (bicyclic) bond motifs is 2. The molecule has 0 fully saturated rings. The average Bonchev–Trinajstić information content (AvgIpc) is 2.46. The Kier molecular flexibility index (Phi) is 2.11. The average molecular weight is 231 g/mol. The van der Waals surface area contributed by atoms with Gasteiger partial charge < -0.3 is 4.74 Å². The molecule has 1 aliphatic rings. The zero-order valence-electron chi connectivity index (χ0n) is 8.22. The number of halogens is 1. The van der Waals surface area contributed by atoms with Crippen LogP contribution in [0, 0.1) is 0 Å². The number of aliphatic imine (C=N–C) groups is 1. The maximum absolute atomic E-state index is 5.81. The Balaban J connectivity index is 2.26. The number of rotatable bonds is 0. The predicted octanol–water partition coefficient (Wildman–Crippen LogP) is 3.41. The lowest BCUT2D eigenvalue weighted by Gasteiger charge is -2.05. The van der Waals surface area contributed by atoms with Gasteiger partial charge in [0, 0.05) is 17.7 Å². The summed E-state index contributed by atoms with van der Waals surface area (Å²) in [5.41, 5.74) is 1.55. The van der Waals surface area contributed by atoms with Crippen LogP contribution < -0.4 is 4.74 Å². The Morgan fingerprint density at radius 3 is 3.00 bits per heavy atom. The third kappa shape index (κ3) is 1.55. The van der Waals surface area contributed by atoms with Gasteiger partial charge in [-0.2, -0.15) is 0 Å². The Bertz CT molecular complexity index is 619. The number of benzene rings is 1. The molecule has 0 radical (unpaired) electrons. The number of hydrogen-bond donors (Lipinski definition) is 0. The van der Waals surface area contributed by atoms with Crippen LogP contribution in [0.25, 0.3) is 10.9 Å². The lowest BCUT2D eigenvalue weighted by Crippen LogP contribution is -1.91. The molecule has 0 aliphatic carbocycles. The van der Waals surface area contributed by atoms with E-state index >= 15 is 0 Å². The highest BCUT2D eigenvalue weighted by molar-refractivity contribution is 6.29. The maximum atomic E-state index is 5.81. The van der Waals surface area contributed by atoms with Gasteiger partial charge >= 0.3 is 0 Å². The second-order valence-electron chi connectivity index (χ2n) is 3.36. The number of allylic oxidation sites excluding steroid dienone is 1. The minimum atomic E-state index is 0.269. The molecule has 0 unspecified atom stereocenters. The molecule has 3 rings (SSSR count). The minimum Gasteiger partial charge on any atom is -0.425 e. The van der Waals surface area contributed by atoms with Crippen LogP contribution in [0.15, 0.2) is 46.6 Å². The number of para-hydroxylation sites is 1. The topological polar surface area (TPSA) is 34.5 Å². The Labute approximate surface area is 97.0 Å². The molecule has 4 heteroatoms. The van der Waals surface area contributed by atoms with E-state index < -0.39 is 0 Å². The van der Waals surface area contributed by atoms with Crippen molar-refractivity contribution in [2.45, 2.75) is 0 Å². The quantitative estimate of drug-likeness (QED) is 0.695. The van der Waals surface area contributed by atoms with E-state index in [0.29, 0.717) is 11.6 Å². The fraction of sp³-hybridized carbons (Fsp3) is 0. The second-order valence-corrected chi connectivity index (χ2v) is 3.73. The van der Waals surface area contributed by atoms with Gasteiger partial charge in [0.2, 0.25) is 5.88 Å². The summed E-state index contributed by atoms with van der Waals surface area (Å²) >= 11 is 5.81. The van der Waals surface area contributed by atoms with Gasteiger partial charge in [-0.25, -0.2) is 4.98 Å². The number of nitrogens with zero attached hydrogens (tertiary/aromatic N) is 2. The summed E-state index contributed by atoms with van der Waals surface area (Å²) < 4.78 is 5.36. The van der Waals surface area contributed by atoms with Crippen LogP contribution in [0.3, 0.4) is 0 Å². The molecule has 3 nitrogen and oxygen atoms in total. The van der Waals surface area contributed by atoms with Gasteiger partial charge in [-0.05, 0) is 23.7 Å². The van der Waals surface area contributed by atoms with Crippen molar-refractivity contribution in [1.29, 1.82) is 0 Å². The number of aromatic nitrogens is 1. The van der Waals surface area contributed by atoms with E-state index in [2.05, 4.69) is 9.98 Å². The van der Waals surface area contributed by atoms with E-state index in [1.165, 1.54) is 0 Å². The van der Waals surface area contributed by atoms with Crippen LogP contribution in [0.5, 0.6) is 5.88 Å². The highest BCUT2D eigenvalue weighted by Gasteiger charge is 2.10. The molecule has 0 atom stereocenters. The molecule has 1 aromatic heterocycles. The van der Waals surface area contributed by atoms with E-state index in [1.807, 2.05) is 30.3 Å². The molecule has 0 bridgehead atoms. The summed E-state index contributed by atoms with van der Waals surface area (Å²) in [4.78, 5) is 8.58. The summed E-state index contributed by atoms with van der Waals surface area (Å²) in [6.07, 6.45) is 3.19. The molecule has 78 valence electrons. The first kappa shape index (κ1) is 9.36. The zero-order chi connectivity index (χ0) is 11.0. The van der Waals surface area contributed by atoms with Crippen molar-refractivity contribution in [3.63, 3.8) is 0 Å². The van der Waals surface area contributed by atoms with Gasteiger partial charge in [0.05, 0.1) is 5.52 Å². The number of hydrogen-bond acceptors (Lipinski definition) is 3. The van der Waals surface area contributed by atoms with Crippen LogP contribution in [0.2, 0.25) is 0 Å². The normalized spacial score (nSPS) is 13.9. The van der Waals surface area contributed by atoms with Crippen LogP contribution in [0.4, 0.5) is 5.69 Å². The Morgan fingerprint density at radius 1 is 1.19 bits per heavy atom. The molecule has 0 saturated carbocycles. The SMILES string of the molecule is ClC1=CC=Nc2cc3ccccc3nc2O1. The predicted molar refractivity (Wildman–Crippen MR) is 64.5 cm³/mol. The lowest BCUT2D eigenvalue weighted by atomic mass is 10.2. The Hall–Kier alpha value is -1.87. The van der Waals surface area contributed by atoms with Gasteiger partial charge in [0.15, 0.2) is 5.22 Å². The summed E-state index contributed by atoms with van der Waals surface area (Å²) in [6.45, 7) is 0. The summed E-state index contributed by atoms with van der Waals surface area (Å²) in [5, 5.41) is 1.30. The van der Waals surface area contributed by atoms with Crippen LogP contribution in [0.1, 0.15) is 0 Å². The van der Waals surface area contributed by atoms with Crippen molar-refractivity contribution in [3.05, 3.63) is 41.6 Å². The largest absolute Gasteiger partial charge is 0.425 e. The second kappa shape index (κ2) is 3.61. The van der Waals surface area contributed by atoms with Gasteiger partial charge in [-0.15, -0.1) is 0 Å². The minimum absolute atomic E-state index is 0.269. The van der Waals surface area contributed by atoms with Crippen LogP contribution in [-0.4, -0.2) is 11.2 Å². The highest BCUT2D eigenvalue weighted by atomic mass is 35.5. The smallest absolute Gasteiger partial charge is 0.247 e. The van der Waals surface area contributed by atoms with E-state index in [0.717, 1.165) is 10.9 Å². The molecule has 0 N–H and O–H groups in total. The number of ether oxygens (including phenoxy) is 1. The molecule has 0 spiro atoms. The number of pyridine rings is 1. The van der Waals surface area contributed by atoms with Crippen molar-refractivity contribution in [1.82, 2.24) is 4.98 Å². The first-order valence-corrected chi connectivity index (χ1v) is 5.18. The van der Waals surface area contributed by atoms with Crippen molar-refractivity contribution in [2.75, 3.05) is 0 Å². The standard InChI is InChI=1S/C12H7ClN2O/c13-11-5-6-14-10-7-8-3-1-2-4-9(8)15-12(10)16-11/h1-7H. The molecule has 2 heterocycles. The summed E-state index contributed by atoms with van der Waals surface area (Å²) in [6, 6.07) is 9.73. The fourth-order valence-electron chi connectivity index (χ4n) is 1.56. The van der Waals surface area contributed by atoms with E-state index in [9.17, 15) is 0 Å². The Morgan fingerprint density at radius 2 is 2.06 bits per heavy atom. The van der Waals surface area contributed by atoms with Gasteiger partial charge in [0.25, 0.3) is 0 Å².